The Bertz CT molecular complexity index is 981. The first kappa shape index (κ1) is 14.2. The molecule has 2 aliphatic heterocycles. The first-order chi connectivity index (χ1) is 11.1. The zero-order valence-corrected chi connectivity index (χ0v) is 13.5. The maximum absolute atomic E-state index is 12.9. The number of amides is 2. The fraction of sp³-hybridized carbons (Fsp3) is 0.188. The summed E-state index contributed by atoms with van der Waals surface area (Å²) in [6.07, 6.45) is 7.81. The number of benzene rings is 1. The van der Waals surface area contributed by atoms with E-state index in [4.69, 9.17) is 0 Å². The second-order valence-electron chi connectivity index (χ2n) is 5.52. The number of imidazole rings is 1. The van der Waals surface area contributed by atoms with Crippen LogP contribution in [0.15, 0.2) is 33.6 Å². The van der Waals surface area contributed by atoms with Gasteiger partial charge in [-0.05, 0) is 24.6 Å². The highest BCUT2D eigenvalue weighted by Gasteiger charge is 2.32. The number of carbonyl (C=O) groups excluding carboxylic acids is 2. The van der Waals surface area contributed by atoms with Crippen molar-refractivity contribution in [3.8, 4) is 0 Å². The lowest BCUT2D eigenvalue weighted by Crippen LogP contribution is -2.44. The van der Waals surface area contributed by atoms with E-state index in [-0.39, 0.29) is 18.0 Å². The number of imide groups is 1. The smallest absolute Gasteiger partial charge is 0.295 e. The highest BCUT2D eigenvalue weighted by Crippen LogP contribution is 2.31. The van der Waals surface area contributed by atoms with E-state index < -0.39 is 11.9 Å². The molecule has 1 aromatic carbocycles. The number of aromatic nitrogens is 2. The Morgan fingerprint density at radius 1 is 1.17 bits per heavy atom. The zero-order valence-electron chi connectivity index (χ0n) is 12.0. The molecule has 0 aliphatic carbocycles. The minimum Gasteiger partial charge on any atom is -0.295 e. The molecule has 4 rings (SSSR count). The van der Waals surface area contributed by atoms with Crippen LogP contribution in [0.25, 0.3) is 23.3 Å². The molecule has 1 aromatic heterocycles. The third-order valence-corrected chi connectivity index (χ3v) is 4.88. The van der Waals surface area contributed by atoms with Crippen LogP contribution in [0.5, 0.6) is 0 Å². The van der Waals surface area contributed by atoms with Crippen LogP contribution in [0.3, 0.4) is 0 Å². The third kappa shape index (κ3) is 2.03. The molecule has 1 unspecified atom stereocenters. The van der Waals surface area contributed by atoms with Crippen molar-refractivity contribution in [3.63, 3.8) is 0 Å². The lowest BCUT2D eigenvalue weighted by molar-refractivity contribution is -0.135. The van der Waals surface area contributed by atoms with Crippen LogP contribution in [0.2, 0.25) is 0 Å². The van der Waals surface area contributed by atoms with Gasteiger partial charge < -0.3 is 0 Å². The Morgan fingerprint density at radius 3 is 2.78 bits per heavy atom. The standard InChI is InChI=1S/C16H12BrN3O3/c17-10-4-5-11-14-9(10)3-1-2-8-19(14)16(23)20(11)12-6-7-13(21)18-15(12)22/h1-5,8,12H,6-7H2,(H,18,21,22). The molecule has 0 saturated carbocycles. The number of hydrogen-bond donors (Lipinski definition) is 1. The van der Waals surface area contributed by atoms with Gasteiger partial charge in [-0.15, -0.1) is 0 Å². The Kier molecular flexibility index (Phi) is 3.12. The van der Waals surface area contributed by atoms with Crippen molar-refractivity contribution in [1.29, 1.82) is 0 Å². The summed E-state index contributed by atoms with van der Waals surface area (Å²) in [5.74, 6) is -0.723. The van der Waals surface area contributed by atoms with Crippen molar-refractivity contribution in [2.45, 2.75) is 18.9 Å². The summed E-state index contributed by atoms with van der Waals surface area (Å²) in [7, 11) is 0. The summed E-state index contributed by atoms with van der Waals surface area (Å²) in [5.41, 5.74) is 2.03. The molecule has 2 amide bonds. The summed E-state index contributed by atoms with van der Waals surface area (Å²) in [6.45, 7) is 0. The lowest BCUT2D eigenvalue weighted by Gasteiger charge is -2.22. The Labute approximate surface area is 139 Å². The van der Waals surface area contributed by atoms with E-state index in [0.717, 1.165) is 15.6 Å². The van der Waals surface area contributed by atoms with Crippen molar-refractivity contribution >= 4 is 51.1 Å². The molecule has 2 aliphatic rings. The number of nitrogens with zero attached hydrogens (tertiary/aromatic N) is 2. The molecule has 6 nitrogen and oxygen atoms in total. The zero-order chi connectivity index (χ0) is 16.1. The molecular formula is C16H12BrN3O3. The maximum Gasteiger partial charge on any atom is 0.333 e. The molecule has 2 aromatic rings. The average Bonchev–Trinajstić information content (AvgIpc) is 2.68. The molecule has 0 radical (unpaired) electrons. The molecule has 0 bridgehead atoms. The van der Waals surface area contributed by atoms with Crippen LogP contribution in [-0.4, -0.2) is 20.9 Å². The molecule has 1 N–H and O–H groups in total. The Hall–Kier alpha value is -2.41. The summed E-state index contributed by atoms with van der Waals surface area (Å²) in [4.78, 5) is 36.4. The lowest BCUT2D eigenvalue weighted by atomic mass is 10.1. The predicted octanol–water partition coefficient (Wildman–Crippen LogP) is 2.04. The number of allylic oxidation sites excluding steroid dienone is 2. The molecule has 3 heterocycles. The first-order valence-electron chi connectivity index (χ1n) is 7.21. The molecule has 116 valence electrons. The van der Waals surface area contributed by atoms with Gasteiger partial charge >= 0.3 is 5.69 Å². The van der Waals surface area contributed by atoms with Crippen LogP contribution < -0.4 is 11.0 Å². The first-order valence-corrected chi connectivity index (χ1v) is 8.01. The summed E-state index contributed by atoms with van der Waals surface area (Å²) in [5, 5.41) is 2.31. The van der Waals surface area contributed by atoms with E-state index in [0.29, 0.717) is 11.9 Å². The van der Waals surface area contributed by atoms with E-state index in [2.05, 4.69) is 21.2 Å². The minimum atomic E-state index is -0.671. The topological polar surface area (TPSA) is 73.1 Å². The molecular weight excluding hydrogens is 362 g/mol. The van der Waals surface area contributed by atoms with Gasteiger partial charge in [-0.25, -0.2) is 4.79 Å². The fourth-order valence-corrected chi connectivity index (χ4v) is 3.60. The van der Waals surface area contributed by atoms with Gasteiger partial charge in [0, 0.05) is 22.7 Å². The highest BCUT2D eigenvalue weighted by molar-refractivity contribution is 9.10. The molecule has 0 spiro atoms. The monoisotopic (exact) mass is 373 g/mol. The SMILES string of the molecule is O=C1CCC(n2c(=O)n3c4c(c(Br)ccc42)C=CC=C3)C(=O)N1. The number of hydrogen-bond acceptors (Lipinski definition) is 3. The van der Waals surface area contributed by atoms with E-state index in [1.54, 1.807) is 16.8 Å². The van der Waals surface area contributed by atoms with Gasteiger partial charge in [-0.3, -0.25) is 24.0 Å². The molecule has 7 heteroatoms. The molecule has 23 heavy (non-hydrogen) atoms. The fourth-order valence-electron chi connectivity index (χ4n) is 3.15. The predicted molar refractivity (Wildman–Crippen MR) is 89.7 cm³/mol. The number of piperidine rings is 1. The minimum absolute atomic E-state index is 0.231. The van der Waals surface area contributed by atoms with Gasteiger partial charge in [0.25, 0.3) is 0 Å². The largest absolute Gasteiger partial charge is 0.333 e. The van der Waals surface area contributed by atoms with Crippen LogP contribution in [0.1, 0.15) is 24.4 Å². The van der Waals surface area contributed by atoms with Gasteiger partial charge in [0.05, 0.1) is 11.0 Å². The number of carbonyl (C=O) groups is 2. The Balaban J connectivity index is 2.03. The van der Waals surface area contributed by atoms with Gasteiger partial charge in [-0.1, -0.05) is 28.1 Å². The quantitative estimate of drug-likeness (QED) is 0.777. The number of rotatable bonds is 1. The number of halogens is 1. The van der Waals surface area contributed by atoms with Crippen molar-refractivity contribution in [3.05, 3.63) is 44.8 Å². The van der Waals surface area contributed by atoms with Gasteiger partial charge in [0.2, 0.25) is 11.8 Å². The van der Waals surface area contributed by atoms with E-state index in [9.17, 15) is 14.4 Å². The maximum atomic E-state index is 12.9. The van der Waals surface area contributed by atoms with Crippen LogP contribution in [-0.2, 0) is 9.59 Å². The van der Waals surface area contributed by atoms with E-state index in [1.165, 1.54) is 4.57 Å². The summed E-state index contributed by atoms with van der Waals surface area (Å²) >= 11 is 3.50. The van der Waals surface area contributed by atoms with Gasteiger partial charge in [-0.2, -0.15) is 0 Å². The molecule has 1 atom stereocenters. The van der Waals surface area contributed by atoms with E-state index in [1.807, 2.05) is 24.3 Å². The number of nitrogens with one attached hydrogen (secondary N) is 1. The van der Waals surface area contributed by atoms with Crippen LogP contribution in [0, 0.1) is 0 Å². The Morgan fingerprint density at radius 2 is 2.00 bits per heavy atom. The molecule has 1 saturated heterocycles. The second-order valence-corrected chi connectivity index (χ2v) is 6.37. The second kappa shape index (κ2) is 5.06. The molecule has 1 fully saturated rings. The van der Waals surface area contributed by atoms with Crippen LogP contribution in [0.4, 0.5) is 0 Å². The van der Waals surface area contributed by atoms with Crippen molar-refractivity contribution in [1.82, 2.24) is 14.5 Å². The normalized spacial score (nSPS) is 20.0. The van der Waals surface area contributed by atoms with Crippen molar-refractivity contribution in [2.75, 3.05) is 0 Å². The van der Waals surface area contributed by atoms with Crippen molar-refractivity contribution in [2.24, 2.45) is 0 Å². The van der Waals surface area contributed by atoms with Gasteiger partial charge in [0.15, 0.2) is 0 Å². The third-order valence-electron chi connectivity index (χ3n) is 4.19. The summed E-state index contributed by atoms with van der Waals surface area (Å²) < 4.78 is 3.90. The summed E-state index contributed by atoms with van der Waals surface area (Å²) in [6, 6.07) is 3.01. The van der Waals surface area contributed by atoms with Crippen molar-refractivity contribution < 1.29 is 9.59 Å². The van der Waals surface area contributed by atoms with E-state index >= 15 is 0 Å². The average molecular weight is 374 g/mol. The van der Waals surface area contributed by atoms with Crippen LogP contribution >= 0.6 is 15.9 Å². The highest BCUT2D eigenvalue weighted by atomic mass is 79.9. The van der Waals surface area contributed by atoms with Gasteiger partial charge in [0.1, 0.15) is 6.04 Å².